The highest BCUT2D eigenvalue weighted by atomic mass is 35.5. The summed E-state index contributed by atoms with van der Waals surface area (Å²) in [7, 11) is 0. The summed E-state index contributed by atoms with van der Waals surface area (Å²) in [5, 5.41) is 7.74. The second kappa shape index (κ2) is 7.81. The van der Waals surface area contributed by atoms with Crippen molar-refractivity contribution in [3.8, 4) is 0 Å². The average Bonchev–Trinajstić information content (AvgIpc) is 3.00. The van der Waals surface area contributed by atoms with Gasteiger partial charge < -0.3 is 5.32 Å². The molecule has 1 atom stereocenters. The Morgan fingerprint density at radius 3 is 2.57 bits per heavy atom. The number of amides is 1. The summed E-state index contributed by atoms with van der Waals surface area (Å²) in [6.07, 6.45) is 6.94. The van der Waals surface area contributed by atoms with Gasteiger partial charge in [-0.2, -0.15) is 11.3 Å². The highest BCUT2D eigenvalue weighted by Gasteiger charge is 2.16. The topological polar surface area (TPSA) is 29.1 Å². The second-order valence-electron chi connectivity index (χ2n) is 4.43. The van der Waals surface area contributed by atoms with Gasteiger partial charge in [-0.3, -0.25) is 4.79 Å². The second-order valence-corrected chi connectivity index (χ2v) is 5.65. The maximum atomic E-state index is 12.0. The van der Waals surface area contributed by atoms with Crippen LogP contribution < -0.4 is 5.32 Å². The Kier molecular flexibility index (Phi) is 5.78. The van der Waals surface area contributed by atoms with Gasteiger partial charge in [-0.1, -0.05) is 42.0 Å². The zero-order valence-electron chi connectivity index (χ0n) is 11.6. The lowest BCUT2D eigenvalue weighted by Gasteiger charge is -2.17. The van der Waals surface area contributed by atoms with E-state index in [1.807, 2.05) is 60.2 Å². The Morgan fingerprint density at radius 2 is 1.95 bits per heavy atom. The fourth-order valence-corrected chi connectivity index (χ4v) is 2.71. The number of allylic oxidation sites excluding steroid dienone is 3. The molecule has 2 aromatic rings. The molecule has 0 radical (unpaired) electrons. The van der Waals surface area contributed by atoms with Crippen molar-refractivity contribution in [1.82, 2.24) is 5.32 Å². The lowest BCUT2D eigenvalue weighted by Crippen LogP contribution is -2.27. The quantitative estimate of drug-likeness (QED) is 0.626. The molecule has 2 nitrogen and oxygen atoms in total. The van der Waals surface area contributed by atoms with Crippen LogP contribution in [0.4, 0.5) is 0 Å². The molecule has 0 saturated carbocycles. The van der Waals surface area contributed by atoms with E-state index < -0.39 is 0 Å². The van der Waals surface area contributed by atoms with Gasteiger partial charge in [0.1, 0.15) is 0 Å². The van der Waals surface area contributed by atoms with Gasteiger partial charge in [-0.05, 0) is 47.0 Å². The lowest BCUT2D eigenvalue weighted by molar-refractivity contribution is -0.117. The number of thiophene rings is 1. The predicted molar refractivity (Wildman–Crippen MR) is 89.7 cm³/mol. The molecule has 1 amide bonds. The smallest absolute Gasteiger partial charge is 0.244 e. The number of benzene rings is 1. The summed E-state index contributed by atoms with van der Waals surface area (Å²) in [6, 6.07) is 9.37. The molecule has 0 fully saturated rings. The summed E-state index contributed by atoms with van der Waals surface area (Å²) < 4.78 is 0. The minimum atomic E-state index is -0.170. The number of rotatable bonds is 5. The summed E-state index contributed by atoms with van der Waals surface area (Å²) in [6.45, 7) is 1.91. The van der Waals surface area contributed by atoms with Crippen LogP contribution in [0.25, 0.3) is 0 Å². The zero-order chi connectivity index (χ0) is 15.1. The van der Waals surface area contributed by atoms with Gasteiger partial charge in [-0.15, -0.1) is 0 Å². The van der Waals surface area contributed by atoms with Gasteiger partial charge >= 0.3 is 0 Å². The predicted octanol–water partition coefficient (Wildman–Crippen LogP) is 4.74. The highest BCUT2D eigenvalue weighted by Crippen LogP contribution is 2.25. The fourth-order valence-electron chi connectivity index (χ4n) is 1.90. The minimum absolute atomic E-state index is 0.126. The highest BCUT2D eigenvalue weighted by molar-refractivity contribution is 7.08. The maximum Gasteiger partial charge on any atom is 0.244 e. The number of hydrogen-bond acceptors (Lipinski definition) is 2. The summed E-state index contributed by atoms with van der Waals surface area (Å²) in [5.74, 6) is -0.126. The summed E-state index contributed by atoms with van der Waals surface area (Å²) in [5.41, 5.74) is 2.07. The van der Waals surface area contributed by atoms with Crippen LogP contribution in [-0.2, 0) is 4.79 Å². The van der Waals surface area contributed by atoms with Gasteiger partial charge in [0.05, 0.1) is 6.04 Å². The van der Waals surface area contributed by atoms with Crippen molar-refractivity contribution in [3.63, 3.8) is 0 Å². The van der Waals surface area contributed by atoms with Gasteiger partial charge in [0.2, 0.25) is 5.91 Å². The van der Waals surface area contributed by atoms with Crippen molar-refractivity contribution in [2.45, 2.75) is 13.0 Å². The molecule has 0 aliphatic carbocycles. The molecule has 0 saturated heterocycles. The Labute approximate surface area is 133 Å². The first-order valence-electron chi connectivity index (χ1n) is 6.58. The average molecular weight is 318 g/mol. The van der Waals surface area contributed by atoms with E-state index in [-0.39, 0.29) is 11.9 Å². The van der Waals surface area contributed by atoms with Crippen LogP contribution in [0, 0.1) is 0 Å². The van der Waals surface area contributed by atoms with Crippen molar-refractivity contribution < 1.29 is 4.79 Å². The van der Waals surface area contributed by atoms with Crippen molar-refractivity contribution in [2.24, 2.45) is 0 Å². The Morgan fingerprint density at radius 1 is 1.19 bits per heavy atom. The molecule has 0 aliphatic heterocycles. The third kappa shape index (κ3) is 4.59. The van der Waals surface area contributed by atoms with Gasteiger partial charge in [-0.25, -0.2) is 0 Å². The molecule has 1 aromatic heterocycles. The standard InChI is InChI=1S/C17H16ClNOS/c1-2-3-4-5-16(20)19-17(14-10-11-21-12-14)13-6-8-15(18)9-7-13/h2-12,17H,1H3,(H,19,20)/b3-2+,5-4+. The van der Waals surface area contributed by atoms with Crippen LogP contribution in [0.3, 0.4) is 0 Å². The molecule has 1 N–H and O–H groups in total. The first-order valence-corrected chi connectivity index (χ1v) is 7.90. The van der Waals surface area contributed by atoms with E-state index in [1.165, 1.54) is 6.08 Å². The van der Waals surface area contributed by atoms with Crippen LogP contribution >= 0.6 is 22.9 Å². The first kappa shape index (κ1) is 15.5. The Hall–Kier alpha value is -1.84. The molecule has 0 spiro atoms. The summed E-state index contributed by atoms with van der Waals surface area (Å²) >= 11 is 7.54. The Bertz CT molecular complexity index is 629. The SMILES string of the molecule is C/C=C/C=C/C(=O)NC(c1ccc(Cl)cc1)c1ccsc1. The molecule has 4 heteroatoms. The van der Waals surface area contributed by atoms with Crippen LogP contribution in [0.1, 0.15) is 24.1 Å². The normalized spacial score (nSPS) is 12.9. The van der Waals surface area contributed by atoms with E-state index in [0.717, 1.165) is 11.1 Å². The van der Waals surface area contributed by atoms with Crippen LogP contribution in [-0.4, -0.2) is 5.91 Å². The number of carbonyl (C=O) groups is 1. The van der Waals surface area contributed by atoms with Crippen molar-refractivity contribution in [1.29, 1.82) is 0 Å². The van der Waals surface area contributed by atoms with Gasteiger partial charge in [0.15, 0.2) is 0 Å². The molecule has 0 bridgehead atoms. The van der Waals surface area contributed by atoms with Crippen LogP contribution in [0.2, 0.25) is 5.02 Å². The minimum Gasteiger partial charge on any atom is -0.342 e. The molecular formula is C17H16ClNOS. The van der Waals surface area contributed by atoms with E-state index in [4.69, 9.17) is 11.6 Å². The molecular weight excluding hydrogens is 302 g/mol. The molecule has 108 valence electrons. The van der Waals surface area contributed by atoms with E-state index in [0.29, 0.717) is 5.02 Å². The van der Waals surface area contributed by atoms with E-state index in [1.54, 1.807) is 17.4 Å². The molecule has 0 aliphatic rings. The number of carbonyl (C=O) groups excluding carboxylic acids is 1. The molecule has 2 rings (SSSR count). The molecule has 1 heterocycles. The van der Waals surface area contributed by atoms with Crippen LogP contribution in [0.15, 0.2) is 65.4 Å². The number of halogens is 1. The number of nitrogens with one attached hydrogen (secondary N) is 1. The van der Waals surface area contributed by atoms with Crippen LogP contribution in [0.5, 0.6) is 0 Å². The lowest BCUT2D eigenvalue weighted by atomic mass is 10.0. The fraction of sp³-hybridized carbons (Fsp3) is 0.118. The molecule has 1 aromatic carbocycles. The third-order valence-corrected chi connectivity index (χ3v) is 3.87. The number of hydrogen-bond donors (Lipinski definition) is 1. The largest absolute Gasteiger partial charge is 0.342 e. The van der Waals surface area contributed by atoms with E-state index in [2.05, 4.69) is 5.32 Å². The van der Waals surface area contributed by atoms with Crippen molar-refractivity contribution in [3.05, 3.63) is 81.5 Å². The summed E-state index contributed by atoms with van der Waals surface area (Å²) in [4.78, 5) is 12.0. The van der Waals surface area contributed by atoms with Crippen molar-refractivity contribution in [2.75, 3.05) is 0 Å². The maximum absolute atomic E-state index is 12.0. The van der Waals surface area contributed by atoms with Crippen molar-refractivity contribution >= 4 is 28.8 Å². The van der Waals surface area contributed by atoms with E-state index in [9.17, 15) is 4.79 Å². The zero-order valence-corrected chi connectivity index (χ0v) is 13.2. The van der Waals surface area contributed by atoms with Gasteiger partial charge in [0, 0.05) is 11.1 Å². The first-order chi connectivity index (χ1) is 10.2. The monoisotopic (exact) mass is 317 g/mol. The Balaban J connectivity index is 2.21. The van der Waals surface area contributed by atoms with E-state index >= 15 is 0 Å². The molecule has 21 heavy (non-hydrogen) atoms. The van der Waals surface area contributed by atoms with Gasteiger partial charge in [0.25, 0.3) is 0 Å². The molecule has 1 unspecified atom stereocenters. The third-order valence-electron chi connectivity index (χ3n) is 2.92.